The van der Waals surface area contributed by atoms with Gasteiger partial charge in [-0.2, -0.15) is 0 Å². The summed E-state index contributed by atoms with van der Waals surface area (Å²) < 4.78 is 5.28. The quantitative estimate of drug-likeness (QED) is 0.372. The summed E-state index contributed by atoms with van der Waals surface area (Å²) in [4.78, 5) is 9.75. The Kier molecular flexibility index (Phi) is 5.69. The van der Waals surface area contributed by atoms with E-state index in [4.69, 9.17) is 4.42 Å². The van der Waals surface area contributed by atoms with Crippen molar-refractivity contribution in [3.05, 3.63) is 46.6 Å². The number of guanidine groups is 1. The number of hydrogen-bond donors (Lipinski definition) is 4. The van der Waals surface area contributed by atoms with Crippen LogP contribution in [0.2, 0.25) is 0 Å². The first-order valence-corrected chi connectivity index (χ1v) is 9.20. The Bertz CT molecular complexity index is 823. The Hall–Kier alpha value is -2.65. The molecule has 0 saturated carbocycles. The van der Waals surface area contributed by atoms with E-state index in [1.54, 1.807) is 25.3 Å². The van der Waals surface area contributed by atoms with E-state index in [0.717, 1.165) is 4.88 Å². The third-order valence-electron chi connectivity index (χ3n) is 3.66. The van der Waals surface area contributed by atoms with Crippen LogP contribution in [-0.4, -0.2) is 39.3 Å². The average Bonchev–Trinajstić information content (AvgIpc) is 3.39. The third kappa shape index (κ3) is 4.50. The van der Waals surface area contributed by atoms with Crippen LogP contribution in [0.3, 0.4) is 0 Å². The summed E-state index contributed by atoms with van der Waals surface area (Å²) in [6.07, 6.45) is 1.58. The summed E-state index contributed by atoms with van der Waals surface area (Å²) in [6.45, 7) is 5.14. The fourth-order valence-electron chi connectivity index (χ4n) is 2.31. The van der Waals surface area contributed by atoms with Gasteiger partial charge in [-0.25, -0.2) is 9.98 Å². The maximum atomic E-state index is 10.6. The molecule has 0 amide bonds. The molecule has 0 aromatic carbocycles. The number of aliphatic imine (C=N–C) groups is 1. The number of aliphatic hydroxyl groups is 1. The summed E-state index contributed by atoms with van der Waals surface area (Å²) >= 11 is 1.52. The van der Waals surface area contributed by atoms with Gasteiger partial charge in [0.2, 0.25) is 5.82 Å². The highest BCUT2D eigenvalue weighted by molar-refractivity contribution is 7.10. The molecular formula is C17H22N6O2S. The molecule has 0 aliphatic heterocycles. The van der Waals surface area contributed by atoms with Crippen molar-refractivity contribution in [2.45, 2.75) is 26.0 Å². The van der Waals surface area contributed by atoms with Gasteiger partial charge >= 0.3 is 0 Å². The highest BCUT2D eigenvalue weighted by Gasteiger charge is 2.24. The van der Waals surface area contributed by atoms with Crippen molar-refractivity contribution in [1.29, 1.82) is 0 Å². The zero-order chi connectivity index (χ0) is 18.4. The molecule has 9 heteroatoms. The van der Waals surface area contributed by atoms with Gasteiger partial charge in [0, 0.05) is 11.4 Å². The van der Waals surface area contributed by atoms with Gasteiger partial charge < -0.3 is 20.2 Å². The average molecular weight is 374 g/mol. The molecule has 0 aliphatic rings. The van der Waals surface area contributed by atoms with Crippen molar-refractivity contribution in [2.75, 3.05) is 13.1 Å². The van der Waals surface area contributed by atoms with Crippen LogP contribution in [0, 0.1) is 0 Å². The predicted molar refractivity (Wildman–Crippen MR) is 101 cm³/mol. The molecule has 1 atom stereocenters. The van der Waals surface area contributed by atoms with Gasteiger partial charge in [0.05, 0.1) is 12.8 Å². The number of aromatic amines is 1. The number of H-pyrrole nitrogens is 1. The lowest BCUT2D eigenvalue weighted by Gasteiger charge is -2.23. The maximum absolute atomic E-state index is 10.6. The predicted octanol–water partition coefficient (Wildman–Crippen LogP) is 2.09. The topological polar surface area (TPSA) is 111 Å². The Morgan fingerprint density at radius 2 is 2.27 bits per heavy atom. The molecule has 1 unspecified atom stereocenters. The summed E-state index contributed by atoms with van der Waals surface area (Å²) in [7, 11) is 0. The highest BCUT2D eigenvalue weighted by atomic mass is 32.1. The van der Waals surface area contributed by atoms with E-state index in [9.17, 15) is 5.11 Å². The first-order chi connectivity index (χ1) is 12.6. The van der Waals surface area contributed by atoms with Crippen molar-refractivity contribution in [1.82, 2.24) is 25.8 Å². The SMILES string of the molecule is CCNC(=NCc1nc(-c2ccco2)n[nH]1)NCC(C)(O)c1cccs1. The Morgan fingerprint density at radius 1 is 1.38 bits per heavy atom. The maximum Gasteiger partial charge on any atom is 0.216 e. The molecule has 0 saturated heterocycles. The smallest absolute Gasteiger partial charge is 0.216 e. The number of nitrogens with one attached hydrogen (secondary N) is 3. The van der Waals surface area contributed by atoms with Gasteiger partial charge in [0.1, 0.15) is 18.0 Å². The van der Waals surface area contributed by atoms with Crippen LogP contribution in [0.1, 0.15) is 24.5 Å². The molecule has 0 bridgehead atoms. The molecule has 0 spiro atoms. The Balaban J connectivity index is 1.62. The van der Waals surface area contributed by atoms with Crippen molar-refractivity contribution < 1.29 is 9.52 Å². The standard InChI is InChI=1S/C17H22N6O2S/c1-3-18-16(20-11-17(2,24)13-7-5-9-26-13)19-10-14-21-15(23-22-14)12-6-4-8-25-12/h4-9,24H,3,10-11H2,1-2H3,(H2,18,19,20)(H,21,22,23). The second kappa shape index (κ2) is 8.15. The fraction of sp³-hybridized carbons (Fsp3) is 0.353. The van der Waals surface area contributed by atoms with E-state index < -0.39 is 5.60 Å². The Labute approximate surface area is 155 Å². The monoisotopic (exact) mass is 374 g/mol. The van der Waals surface area contributed by atoms with E-state index in [-0.39, 0.29) is 0 Å². The van der Waals surface area contributed by atoms with Gasteiger partial charge in [-0.15, -0.1) is 16.4 Å². The third-order valence-corrected chi connectivity index (χ3v) is 4.78. The second-order valence-corrected chi connectivity index (χ2v) is 6.83. The molecule has 0 aliphatic carbocycles. The number of furan rings is 1. The number of nitrogens with zero attached hydrogens (tertiary/aromatic N) is 3. The lowest BCUT2D eigenvalue weighted by Crippen LogP contribution is -2.44. The van der Waals surface area contributed by atoms with E-state index in [1.807, 2.05) is 24.4 Å². The first kappa shape index (κ1) is 18.2. The van der Waals surface area contributed by atoms with Gasteiger partial charge in [-0.05, 0) is 37.4 Å². The molecule has 0 fully saturated rings. The van der Waals surface area contributed by atoms with Crippen molar-refractivity contribution in [3.63, 3.8) is 0 Å². The molecular weight excluding hydrogens is 352 g/mol. The zero-order valence-corrected chi connectivity index (χ0v) is 15.5. The van der Waals surface area contributed by atoms with Crippen LogP contribution in [0.15, 0.2) is 45.3 Å². The lowest BCUT2D eigenvalue weighted by molar-refractivity contribution is 0.0655. The number of aromatic nitrogens is 3. The van der Waals surface area contributed by atoms with Gasteiger partial charge in [-0.1, -0.05) is 6.07 Å². The zero-order valence-electron chi connectivity index (χ0n) is 14.7. The normalized spacial score (nSPS) is 14.2. The largest absolute Gasteiger partial charge is 0.461 e. The molecule has 3 aromatic rings. The van der Waals surface area contributed by atoms with Gasteiger partial charge in [0.25, 0.3) is 0 Å². The minimum atomic E-state index is -0.969. The number of hydrogen-bond acceptors (Lipinski definition) is 6. The minimum Gasteiger partial charge on any atom is -0.461 e. The minimum absolute atomic E-state index is 0.324. The van der Waals surface area contributed by atoms with Crippen molar-refractivity contribution in [2.24, 2.45) is 4.99 Å². The molecule has 8 nitrogen and oxygen atoms in total. The second-order valence-electron chi connectivity index (χ2n) is 5.88. The van der Waals surface area contributed by atoms with E-state index >= 15 is 0 Å². The fourth-order valence-corrected chi connectivity index (χ4v) is 3.09. The molecule has 138 valence electrons. The molecule has 4 N–H and O–H groups in total. The van der Waals surface area contributed by atoms with Crippen molar-refractivity contribution in [3.8, 4) is 11.6 Å². The van der Waals surface area contributed by atoms with E-state index in [2.05, 4.69) is 30.8 Å². The van der Waals surface area contributed by atoms with Crippen molar-refractivity contribution >= 4 is 17.3 Å². The highest BCUT2D eigenvalue weighted by Crippen LogP contribution is 2.24. The van der Waals surface area contributed by atoms with Crippen LogP contribution in [-0.2, 0) is 12.1 Å². The first-order valence-electron chi connectivity index (χ1n) is 8.32. The number of rotatable bonds is 7. The summed E-state index contributed by atoms with van der Waals surface area (Å²) in [5.74, 6) is 2.33. The molecule has 26 heavy (non-hydrogen) atoms. The van der Waals surface area contributed by atoms with E-state index in [1.165, 1.54) is 11.3 Å². The lowest BCUT2D eigenvalue weighted by atomic mass is 10.1. The van der Waals surface area contributed by atoms with Crippen LogP contribution in [0.25, 0.3) is 11.6 Å². The number of thiophene rings is 1. The van der Waals surface area contributed by atoms with E-state index in [0.29, 0.717) is 43.0 Å². The van der Waals surface area contributed by atoms with Gasteiger partial charge in [-0.3, -0.25) is 5.10 Å². The molecule has 3 heterocycles. The molecule has 3 aromatic heterocycles. The van der Waals surface area contributed by atoms with Gasteiger partial charge in [0.15, 0.2) is 11.7 Å². The van der Waals surface area contributed by atoms with Crippen LogP contribution < -0.4 is 10.6 Å². The van der Waals surface area contributed by atoms with Crippen LogP contribution >= 0.6 is 11.3 Å². The summed E-state index contributed by atoms with van der Waals surface area (Å²) in [5.41, 5.74) is -0.969. The van der Waals surface area contributed by atoms with Crippen LogP contribution in [0.5, 0.6) is 0 Å². The molecule has 0 radical (unpaired) electrons. The summed E-state index contributed by atoms with van der Waals surface area (Å²) in [5, 5.41) is 25.9. The molecule has 3 rings (SSSR count). The van der Waals surface area contributed by atoms with Crippen LogP contribution in [0.4, 0.5) is 0 Å². The Morgan fingerprint density at radius 3 is 2.96 bits per heavy atom. The summed E-state index contributed by atoms with van der Waals surface area (Å²) in [6, 6.07) is 7.43.